The summed E-state index contributed by atoms with van der Waals surface area (Å²) in [6, 6.07) is 5.56. The standard InChI is InChI=1S/C14H16O3/c1-8(2)13-9(3)14(15)17-12-7-10(16-4)5-6-11(12)13/h5-8,13H,3H2,1-2,4H3. The Morgan fingerprint density at radius 2 is 2.12 bits per heavy atom. The van der Waals surface area contributed by atoms with Crippen LogP contribution in [0.15, 0.2) is 30.4 Å². The van der Waals surface area contributed by atoms with Crippen molar-refractivity contribution >= 4 is 5.97 Å². The van der Waals surface area contributed by atoms with Crippen LogP contribution >= 0.6 is 0 Å². The van der Waals surface area contributed by atoms with Crippen LogP contribution in [0.5, 0.6) is 11.5 Å². The highest BCUT2D eigenvalue weighted by Gasteiger charge is 2.33. The molecule has 0 saturated heterocycles. The van der Waals surface area contributed by atoms with E-state index >= 15 is 0 Å². The number of methoxy groups -OCH3 is 1. The van der Waals surface area contributed by atoms with E-state index in [9.17, 15) is 4.79 Å². The molecule has 1 aromatic rings. The van der Waals surface area contributed by atoms with E-state index in [0.29, 0.717) is 23.0 Å². The highest BCUT2D eigenvalue weighted by atomic mass is 16.5. The molecule has 0 amide bonds. The zero-order valence-electron chi connectivity index (χ0n) is 10.3. The first-order valence-corrected chi connectivity index (χ1v) is 5.63. The molecule has 0 N–H and O–H groups in total. The third-order valence-electron chi connectivity index (χ3n) is 3.06. The van der Waals surface area contributed by atoms with Gasteiger partial charge >= 0.3 is 5.97 Å². The lowest BCUT2D eigenvalue weighted by Crippen LogP contribution is -2.25. The van der Waals surface area contributed by atoms with Crippen LogP contribution in [0, 0.1) is 5.92 Å². The topological polar surface area (TPSA) is 35.5 Å². The van der Waals surface area contributed by atoms with Crippen LogP contribution in [-0.4, -0.2) is 13.1 Å². The second-order valence-corrected chi connectivity index (χ2v) is 4.54. The van der Waals surface area contributed by atoms with Gasteiger partial charge in [-0.1, -0.05) is 26.5 Å². The van der Waals surface area contributed by atoms with Crippen LogP contribution in [0.3, 0.4) is 0 Å². The van der Waals surface area contributed by atoms with E-state index in [1.165, 1.54) is 0 Å². The molecule has 0 bridgehead atoms. The second-order valence-electron chi connectivity index (χ2n) is 4.54. The maximum absolute atomic E-state index is 11.7. The monoisotopic (exact) mass is 232 g/mol. The maximum atomic E-state index is 11.7. The Balaban J connectivity index is 2.53. The highest BCUT2D eigenvalue weighted by Crippen LogP contribution is 2.42. The number of ether oxygens (including phenoxy) is 2. The summed E-state index contributed by atoms with van der Waals surface area (Å²) in [5, 5.41) is 0. The van der Waals surface area contributed by atoms with E-state index in [0.717, 1.165) is 5.56 Å². The number of hydrogen-bond donors (Lipinski definition) is 0. The number of rotatable bonds is 2. The molecule has 0 spiro atoms. The van der Waals surface area contributed by atoms with E-state index in [2.05, 4.69) is 20.4 Å². The van der Waals surface area contributed by atoms with Gasteiger partial charge in [-0.3, -0.25) is 0 Å². The van der Waals surface area contributed by atoms with Gasteiger partial charge in [-0.15, -0.1) is 0 Å². The van der Waals surface area contributed by atoms with Gasteiger partial charge in [-0.2, -0.15) is 0 Å². The molecule has 90 valence electrons. The zero-order valence-corrected chi connectivity index (χ0v) is 10.3. The number of benzene rings is 1. The minimum atomic E-state index is -0.343. The van der Waals surface area contributed by atoms with Crippen molar-refractivity contribution in [2.75, 3.05) is 7.11 Å². The molecule has 1 atom stereocenters. The summed E-state index contributed by atoms with van der Waals surface area (Å²) < 4.78 is 10.4. The zero-order chi connectivity index (χ0) is 12.6. The second kappa shape index (κ2) is 4.24. The van der Waals surface area contributed by atoms with Crippen molar-refractivity contribution in [2.24, 2.45) is 5.92 Å². The van der Waals surface area contributed by atoms with Crippen molar-refractivity contribution in [1.82, 2.24) is 0 Å². The Labute approximate surface area is 101 Å². The van der Waals surface area contributed by atoms with E-state index < -0.39 is 0 Å². The third kappa shape index (κ3) is 1.93. The summed E-state index contributed by atoms with van der Waals surface area (Å²) in [5.74, 6) is 1.26. The minimum Gasteiger partial charge on any atom is -0.497 e. The lowest BCUT2D eigenvalue weighted by Gasteiger charge is -2.29. The largest absolute Gasteiger partial charge is 0.497 e. The van der Waals surface area contributed by atoms with Gasteiger partial charge in [0.2, 0.25) is 0 Å². The summed E-state index contributed by atoms with van der Waals surface area (Å²) in [6.45, 7) is 7.98. The smallest absolute Gasteiger partial charge is 0.339 e. The number of esters is 1. The first kappa shape index (κ1) is 11.7. The van der Waals surface area contributed by atoms with Crippen LogP contribution in [0.25, 0.3) is 0 Å². The molecule has 3 nitrogen and oxygen atoms in total. The Morgan fingerprint density at radius 3 is 2.71 bits per heavy atom. The average Bonchev–Trinajstić information content (AvgIpc) is 2.29. The molecule has 1 unspecified atom stereocenters. The normalized spacial score (nSPS) is 18.9. The number of fused-ring (bicyclic) bond motifs is 1. The van der Waals surface area contributed by atoms with Crippen molar-refractivity contribution < 1.29 is 14.3 Å². The van der Waals surface area contributed by atoms with Crippen LogP contribution in [0.1, 0.15) is 25.3 Å². The third-order valence-corrected chi connectivity index (χ3v) is 3.06. The summed E-state index contributed by atoms with van der Waals surface area (Å²) in [5.41, 5.74) is 1.53. The highest BCUT2D eigenvalue weighted by molar-refractivity contribution is 5.93. The summed E-state index contributed by atoms with van der Waals surface area (Å²) in [7, 11) is 1.59. The van der Waals surface area contributed by atoms with Crippen LogP contribution in [-0.2, 0) is 4.79 Å². The summed E-state index contributed by atoms with van der Waals surface area (Å²) >= 11 is 0. The van der Waals surface area contributed by atoms with Crippen molar-refractivity contribution in [1.29, 1.82) is 0 Å². The molecule has 0 aliphatic carbocycles. The summed E-state index contributed by atoms with van der Waals surface area (Å²) in [4.78, 5) is 11.7. The fourth-order valence-corrected chi connectivity index (χ4v) is 2.23. The molecular formula is C14H16O3. The first-order chi connectivity index (χ1) is 8.04. The maximum Gasteiger partial charge on any atom is 0.339 e. The Morgan fingerprint density at radius 1 is 1.41 bits per heavy atom. The van der Waals surface area contributed by atoms with Gasteiger partial charge in [0.1, 0.15) is 11.5 Å². The predicted octanol–water partition coefficient (Wildman–Crippen LogP) is 2.91. The molecule has 0 radical (unpaired) electrons. The van der Waals surface area contributed by atoms with Crippen molar-refractivity contribution in [3.05, 3.63) is 35.9 Å². The number of carbonyl (C=O) groups excluding carboxylic acids is 1. The van der Waals surface area contributed by atoms with Crippen LogP contribution in [0.4, 0.5) is 0 Å². The van der Waals surface area contributed by atoms with Crippen molar-refractivity contribution in [3.63, 3.8) is 0 Å². The molecule has 2 rings (SSSR count). The van der Waals surface area contributed by atoms with Crippen molar-refractivity contribution in [3.8, 4) is 11.5 Å². The van der Waals surface area contributed by atoms with Gasteiger partial charge in [0.25, 0.3) is 0 Å². The van der Waals surface area contributed by atoms with E-state index in [4.69, 9.17) is 9.47 Å². The predicted molar refractivity (Wildman–Crippen MR) is 65.3 cm³/mol. The lowest BCUT2D eigenvalue weighted by atomic mass is 9.81. The number of carbonyl (C=O) groups is 1. The van der Waals surface area contributed by atoms with E-state index in [-0.39, 0.29) is 11.9 Å². The quantitative estimate of drug-likeness (QED) is 0.447. The molecular weight excluding hydrogens is 216 g/mol. The van der Waals surface area contributed by atoms with Crippen LogP contribution < -0.4 is 9.47 Å². The molecule has 1 heterocycles. The van der Waals surface area contributed by atoms with Gasteiger partial charge < -0.3 is 9.47 Å². The molecule has 1 aliphatic rings. The Kier molecular flexibility index (Phi) is 2.92. The van der Waals surface area contributed by atoms with E-state index in [1.807, 2.05) is 12.1 Å². The molecule has 0 fully saturated rings. The van der Waals surface area contributed by atoms with Gasteiger partial charge in [-0.05, 0) is 12.0 Å². The van der Waals surface area contributed by atoms with Crippen LogP contribution in [0.2, 0.25) is 0 Å². The minimum absolute atomic E-state index is 0.0251. The Hall–Kier alpha value is -1.77. The summed E-state index contributed by atoms with van der Waals surface area (Å²) in [6.07, 6.45) is 0. The lowest BCUT2D eigenvalue weighted by molar-refractivity contribution is -0.131. The van der Waals surface area contributed by atoms with Gasteiger partial charge in [0.05, 0.1) is 7.11 Å². The average molecular weight is 232 g/mol. The molecule has 3 heteroatoms. The van der Waals surface area contributed by atoms with Gasteiger partial charge in [0, 0.05) is 23.1 Å². The molecule has 0 aromatic heterocycles. The van der Waals surface area contributed by atoms with Gasteiger partial charge in [0.15, 0.2) is 0 Å². The SMILES string of the molecule is C=C1C(=O)Oc2cc(OC)ccc2C1C(C)C. The number of hydrogen-bond acceptors (Lipinski definition) is 3. The van der Waals surface area contributed by atoms with E-state index in [1.54, 1.807) is 13.2 Å². The molecule has 17 heavy (non-hydrogen) atoms. The first-order valence-electron chi connectivity index (χ1n) is 5.63. The molecule has 0 saturated carbocycles. The van der Waals surface area contributed by atoms with Gasteiger partial charge in [-0.25, -0.2) is 4.79 Å². The molecule has 1 aromatic carbocycles. The fraction of sp³-hybridized carbons (Fsp3) is 0.357. The van der Waals surface area contributed by atoms with Crippen molar-refractivity contribution in [2.45, 2.75) is 19.8 Å². The Bertz CT molecular complexity index is 474. The fourth-order valence-electron chi connectivity index (χ4n) is 2.23. The molecule has 1 aliphatic heterocycles.